The van der Waals surface area contributed by atoms with Crippen LogP contribution >= 0.6 is 11.8 Å². The number of thioether (sulfide) groups is 1. The van der Waals surface area contributed by atoms with E-state index in [2.05, 4.69) is 21.5 Å². The molecule has 7 nitrogen and oxygen atoms in total. The van der Waals surface area contributed by atoms with Crippen molar-refractivity contribution >= 4 is 22.7 Å². The molecular formula is C18H23N3O4S. The molecule has 0 radical (unpaired) electrons. The number of rotatable bonds is 6. The first-order valence-electron chi connectivity index (χ1n) is 8.41. The number of hydrogen-bond acceptors (Lipinski definition) is 7. The van der Waals surface area contributed by atoms with Crippen LogP contribution in [0, 0.1) is 0 Å². The second-order valence-corrected chi connectivity index (χ2v) is 7.07. The van der Waals surface area contributed by atoms with Crippen LogP contribution in [0.25, 0.3) is 0 Å². The van der Waals surface area contributed by atoms with E-state index in [1.807, 2.05) is 12.1 Å². The van der Waals surface area contributed by atoms with Gasteiger partial charge < -0.3 is 14.6 Å². The summed E-state index contributed by atoms with van der Waals surface area (Å²) in [6, 6.07) is 5.43. The number of carbonyl (C=O) groups is 1. The molecule has 0 fully saturated rings. The molecule has 0 spiro atoms. The van der Waals surface area contributed by atoms with Gasteiger partial charge in [0.05, 0.1) is 26.1 Å². The van der Waals surface area contributed by atoms with Crippen molar-refractivity contribution in [3.63, 3.8) is 0 Å². The van der Waals surface area contributed by atoms with Crippen molar-refractivity contribution in [3.8, 4) is 11.5 Å². The minimum atomic E-state index is -0.671. The van der Waals surface area contributed by atoms with Gasteiger partial charge in [-0.2, -0.15) is 5.10 Å². The van der Waals surface area contributed by atoms with Crippen LogP contribution in [-0.4, -0.2) is 60.6 Å². The topological polar surface area (TPSA) is 83.4 Å². The number of amides is 1. The van der Waals surface area contributed by atoms with E-state index in [1.165, 1.54) is 11.8 Å². The summed E-state index contributed by atoms with van der Waals surface area (Å²) >= 11 is 1.47. The van der Waals surface area contributed by atoms with Crippen molar-refractivity contribution < 1.29 is 19.4 Å². The highest BCUT2D eigenvalue weighted by Crippen LogP contribution is 2.30. The number of hydrogen-bond donors (Lipinski definition) is 2. The van der Waals surface area contributed by atoms with Crippen molar-refractivity contribution in [2.45, 2.75) is 12.5 Å². The van der Waals surface area contributed by atoms with Crippen LogP contribution in [-0.2, 0) is 4.79 Å². The van der Waals surface area contributed by atoms with Gasteiger partial charge in [0, 0.05) is 25.2 Å². The maximum Gasteiger partial charge on any atom is 0.250 e. The van der Waals surface area contributed by atoms with Crippen LogP contribution in [0.1, 0.15) is 18.1 Å². The Balaban J connectivity index is 1.63. The molecule has 1 unspecified atom stereocenters. The molecule has 2 N–H and O–H groups in total. The fourth-order valence-electron chi connectivity index (χ4n) is 2.99. The van der Waals surface area contributed by atoms with E-state index in [0.717, 1.165) is 35.7 Å². The molecule has 2 aliphatic rings. The summed E-state index contributed by atoms with van der Waals surface area (Å²) in [5.74, 6) is 1.69. The van der Waals surface area contributed by atoms with E-state index < -0.39 is 6.10 Å². The largest absolute Gasteiger partial charge is 0.497 e. The second-order valence-electron chi connectivity index (χ2n) is 6.10. The fraction of sp³-hybridized carbons (Fsp3) is 0.444. The molecule has 1 amide bonds. The van der Waals surface area contributed by atoms with E-state index >= 15 is 0 Å². The molecule has 26 heavy (non-hydrogen) atoms. The number of benzene rings is 1. The molecule has 0 aliphatic carbocycles. The van der Waals surface area contributed by atoms with Crippen LogP contribution in [0.5, 0.6) is 11.5 Å². The van der Waals surface area contributed by atoms with E-state index in [4.69, 9.17) is 9.47 Å². The van der Waals surface area contributed by atoms with Gasteiger partial charge in [0.1, 0.15) is 16.5 Å². The third-order valence-corrected chi connectivity index (χ3v) is 5.45. The van der Waals surface area contributed by atoms with Gasteiger partial charge in [0.25, 0.3) is 5.91 Å². The predicted octanol–water partition coefficient (Wildman–Crippen LogP) is 1.55. The highest BCUT2D eigenvalue weighted by atomic mass is 32.2. The number of nitrogens with zero attached hydrogens (tertiary/aromatic N) is 2. The standard InChI is InChI=1S/C18H23N3O4S/c1-24-13-3-4-16(25-2)14(9-13)15(22)10-21-7-5-12(6-8-21)18-20-19-17(23)11-26-18/h3-5,9,15,22H,6-8,10-11H2,1-2H3,(H,19,23). The lowest BCUT2D eigenvalue weighted by Crippen LogP contribution is -2.35. The summed E-state index contributed by atoms with van der Waals surface area (Å²) in [7, 11) is 3.19. The van der Waals surface area contributed by atoms with Gasteiger partial charge >= 0.3 is 0 Å². The minimum absolute atomic E-state index is 0.0628. The Morgan fingerprint density at radius 1 is 1.38 bits per heavy atom. The van der Waals surface area contributed by atoms with Gasteiger partial charge in [-0.1, -0.05) is 17.8 Å². The molecule has 0 saturated heterocycles. The monoisotopic (exact) mass is 377 g/mol. The van der Waals surface area contributed by atoms with Crippen molar-refractivity contribution in [3.05, 3.63) is 35.4 Å². The molecule has 8 heteroatoms. The molecular weight excluding hydrogens is 354 g/mol. The molecule has 2 aliphatic heterocycles. The zero-order valence-electron chi connectivity index (χ0n) is 14.9. The summed E-state index contributed by atoms with van der Waals surface area (Å²) in [5, 5.41) is 15.7. The van der Waals surface area contributed by atoms with Crippen molar-refractivity contribution in [1.82, 2.24) is 10.3 Å². The number of hydrazone groups is 1. The number of nitrogens with one attached hydrogen (secondary N) is 1. The summed E-state index contributed by atoms with van der Waals surface area (Å²) in [6.45, 7) is 2.05. The maximum atomic E-state index is 11.2. The quantitative estimate of drug-likeness (QED) is 0.783. The normalized spacial score (nSPS) is 19.3. The fourth-order valence-corrected chi connectivity index (χ4v) is 3.80. The third kappa shape index (κ3) is 4.38. The lowest BCUT2D eigenvalue weighted by atomic mass is 10.0. The third-order valence-electron chi connectivity index (χ3n) is 4.42. The molecule has 3 rings (SSSR count). The van der Waals surface area contributed by atoms with Gasteiger partial charge in [-0.15, -0.1) is 0 Å². The van der Waals surface area contributed by atoms with Crippen LogP contribution in [0.2, 0.25) is 0 Å². The molecule has 1 aromatic carbocycles. The van der Waals surface area contributed by atoms with Crippen molar-refractivity contribution in [2.75, 3.05) is 39.6 Å². The van der Waals surface area contributed by atoms with Gasteiger partial charge in [-0.25, -0.2) is 5.43 Å². The zero-order chi connectivity index (χ0) is 18.5. The first-order chi connectivity index (χ1) is 12.6. The Kier molecular flexibility index (Phi) is 6.18. The Bertz CT molecular complexity index is 735. The number of β-amino-alcohol motifs (C(OH)–C–C–N with tert-alkyl or cyclic N) is 1. The van der Waals surface area contributed by atoms with Gasteiger partial charge in [0.2, 0.25) is 0 Å². The molecule has 2 heterocycles. The lowest BCUT2D eigenvalue weighted by molar-refractivity contribution is -0.118. The zero-order valence-corrected chi connectivity index (χ0v) is 15.7. The van der Waals surface area contributed by atoms with Gasteiger partial charge in [-0.3, -0.25) is 9.69 Å². The Hall–Kier alpha value is -2.03. The molecule has 1 aromatic rings. The van der Waals surface area contributed by atoms with Crippen LogP contribution < -0.4 is 14.9 Å². The minimum Gasteiger partial charge on any atom is -0.497 e. The van der Waals surface area contributed by atoms with E-state index in [0.29, 0.717) is 23.8 Å². The summed E-state index contributed by atoms with van der Waals surface area (Å²) in [6.07, 6.45) is 2.28. The van der Waals surface area contributed by atoms with Crippen LogP contribution in [0.4, 0.5) is 0 Å². The lowest BCUT2D eigenvalue weighted by Gasteiger charge is -2.29. The number of carbonyl (C=O) groups excluding carboxylic acids is 1. The Labute approximate surface area is 157 Å². The van der Waals surface area contributed by atoms with Crippen molar-refractivity contribution in [1.29, 1.82) is 0 Å². The molecule has 0 aromatic heterocycles. The van der Waals surface area contributed by atoms with Gasteiger partial charge in [0.15, 0.2) is 0 Å². The molecule has 0 bridgehead atoms. The highest BCUT2D eigenvalue weighted by molar-refractivity contribution is 8.15. The van der Waals surface area contributed by atoms with Crippen molar-refractivity contribution in [2.24, 2.45) is 5.10 Å². The number of ether oxygens (including phenoxy) is 2. The number of aliphatic hydroxyl groups is 1. The molecule has 0 saturated carbocycles. The number of aliphatic hydroxyl groups excluding tert-OH is 1. The average Bonchev–Trinajstić information content (AvgIpc) is 2.68. The Morgan fingerprint density at radius 2 is 2.23 bits per heavy atom. The summed E-state index contributed by atoms with van der Waals surface area (Å²) in [5.41, 5.74) is 4.40. The predicted molar refractivity (Wildman–Crippen MR) is 102 cm³/mol. The van der Waals surface area contributed by atoms with Crippen LogP contribution in [0.15, 0.2) is 34.9 Å². The Morgan fingerprint density at radius 3 is 2.85 bits per heavy atom. The maximum absolute atomic E-state index is 11.2. The average molecular weight is 377 g/mol. The number of methoxy groups -OCH3 is 2. The highest BCUT2D eigenvalue weighted by Gasteiger charge is 2.23. The van der Waals surface area contributed by atoms with E-state index in [1.54, 1.807) is 20.3 Å². The first-order valence-corrected chi connectivity index (χ1v) is 9.40. The SMILES string of the molecule is COc1ccc(OC)c(C(O)CN2CC=C(C3=NNC(=O)CS3)CC2)c1. The van der Waals surface area contributed by atoms with E-state index in [-0.39, 0.29) is 5.91 Å². The first kappa shape index (κ1) is 18.8. The second kappa shape index (κ2) is 8.57. The van der Waals surface area contributed by atoms with E-state index in [9.17, 15) is 9.90 Å². The van der Waals surface area contributed by atoms with Gasteiger partial charge in [-0.05, 0) is 30.2 Å². The smallest absolute Gasteiger partial charge is 0.250 e. The molecule has 140 valence electrons. The van der Waals surface area contributed by atoms with Crippen LogP contribution in [0.3, 0.4) is 0 Å². The summed E-state index contributed by atoms with van der Waals surface area (Å²) in [4.78, 5) is 13.4. The summed E-state index contributed by atoms with van der Waals surface area (Å²) < 4.78 is 10.6. The molecule has 1 atom stereocenters.